The molecule has 109 heavy (non-hydrogen) atoms. The van der Waals surface area contributed by atoms with Gasteiger partial charge in [-0.25, -0.2) is 9.13 Å². The highest BCUT2D eigenvalue weighted by atomic mass is 31.2. The molecule has 0 saturated heterocycles. The van der Waals surface area contributed by atoms with Crippen LogP contribution in [0.2, 0.25) is 0 Å². The maximum absolute atomic E-state index is 13.2. The Kier molecular flexibility index (Phi) is 76.6. The molecular formula is C85H164N2O20P2. The van der Waals surface area contributed by atoms with E-state index < -0.39 is 84.5 Å². The molecule has 0 fully saturated rings. The topological polar surface area (TPSA) is 293 Å². The average molecular weight is 1600 g/mol. The van der Waals surface area contributed by atoms with Crippen molar-refractivity contribution in [2.45, 2.75) is 445 Å². The molecule has 4 N–H and O–H groups in total. The van der Waals surface area contributed by atoms with E-state index in [1.807, 2.05) is 0 Å². The Morgan fingerprint density at radius 2 is 0.486 bits per heavy atom. The van der Waals surface area contributed by atoms with Gasteiger partial charge in [-0.3, -0.25) is 46.9 Å². The van der Waals surface area contributed by atoms with Gasteiger partial charge in [0.1, 0.15) is 30.8 Å². The summed E-state index contributed by atoms with van der Waals surface area (Å²) >= 11 is 0. The Hall–Kier alpha value is -3.04. The quantitative estimate of drug-likeness (QED) is 0.0145. The molecule has 0 heterocycles. The van der Waals surface area contributed by atoms with Crippen molar-refractivity contribution in [3.05, 3.63) is 0 Å². The Balaban J connectivity index is 5.52. The summed E-state index contributed by atoms with van der Waals surface area (Å²) in [6, 6.07) is 0. The molecule has 0 aromatic rings. The lowest BCUT2D eigenvalue weighted by Crippen LogP contribution is -2.34. The lowest BCUT2D eigenvalue weighted by Gasteiger charge is -2.21. The minimum Gasteiger partial charge on any atom is -0.462 e. The van der Waals surface area contributed by atoms with Crippen LogP contribution in [-0.2, 0) is 84.4 Å². The van der Waals surface area contributed by atoms with Crippen molar-refractivity contribution in [2.24, 2.45) is 0 Å². The Morgan fingerprint density at radius 1 is 0.266 bits per heavy atom. The van der Waals surface area contributed by atoms with Crippen molar-refractivity contribution < 1.29 is 94.2 Å². The van der Waals surface area contributed by atoms with Gasteiger partial charge in [-0.2, -0.15) is 0 Å². The van der Waals surface area contributed by atoms with E-state index in [4.69, 9.17) is 46.5 Å². The number of hydrogen-bond donors (Lipinski definition) is 4. The van der Waals surface area contributed by atoms with Crippen molar-refractivity contribution >= 4 is 51.3 Å². The summed E-state index contributed by atoms with van der Waals surface area (Å²) in [5.41, 5.74) is 0. The molecule has 0 aliphatic heterocycles. The largest absolute Gasteiger partial charge is 0.472 e. The van der Waals surface area contributed by atoms with Crippen LogP contribution < -0.4 is 10.6 Å². The zero-order chi connectivity index (χ0) is 80.0. The summed E-state index contributed by atoms with van der Waals surface area (Å²) in [6.45, 7) is 10.6. The molecule has 0 aliphatic rings. The number of amides is 2. The molecule has 0 aromatic heterocycles. The Morgan fingerprint density at radius 3 is 0.734 bits per heavy atom. The number of esters is 4. The van der Waals surface area contributed by atoms with E-state index in [1.165, 1.54) is 167 Å². The van der Waals surface area contributed by atoms with E-state index in [9.17, 15) is 47.7 Å². The van der Waals surface area contributed by atoms with Crippen LogP contribution in [0, 0.1) is 0 Å². The molecule has 22 nitrogen and oxygen atoms in total. The maximum Gasteiger partial charge on any atom is 0.472 e. The van der Waals surface area contributed by atoms with Gasteiger partial charge in [0.05, 0.1) is 52.9 Å². The summed E-state index contributed by atoms with van der Waals surface area (Å²) in [5, 5.41) is 4.87. The SMILES string of the molecule is CCCCCCCCCCCCCC(=O)O[C@H](COCC[C@@H](CCCCCCC)OC(=O)CCCCCCCCCCC)COP(=O)(O)OCCNC(=O)CC(=O)NCCOP(=O)(O)OC[C@@H](COCC[C@@H](CCCCCCC)OC(=O)CCCCCCCCCCC)OC(=O)CCCCCCCCCCCCC. The van der Waals surface area contributed by atoms with Crippen LogP contribution in [0.4, 0.5) is 0 Å². The van der Waals surface area contributed by atoms with Crippen LogP contribution in [0.5, 0.6) is 0 Å². The van der Waals surface area contributed by atoms with Crippen LogP contribution in [0.15, 0.2) is 0 Å². The first kappa shape index (κ1) is 106. The van der Waals surface area contributed by atoms with Gasteiger partial charge < -0.3 is 48.8 Å². The van der Waals surface area contributed by atoms with E-state index in [0.29, 0.717) is 51.4 Å². The monoisotopic (exact) mass is 1600 g/mol. The number of unbranched alkanes of at least 4 members (excludes halogenated alkanes) is 44. The maximum atomic E-state index is 13.2. The number of carbonyl (C=O) groups is 6. The number of rotatable bonds is 86. The van der Waals surface area contributed by atoms with E-state index in [0.717, 1.165) is 141 Å². The molecule has 0 spiro atoms. The van der Waals surface area contributed by atoms with Crippen molar-refractivity contribution in [1.29, 1.82) is 0 Å². The highest BCUT2D eigenvalue weighted by Crippen LogP contribution is 2.44. The molecule has 24 heteroatoms. The van der Waals surface area contributed by atoms with Crippen molar-refractivity contribution in [3.8, 4) is 0 Å². The van der Waals surface area contributed by atoms with Gasteiger partial charge in [-0.15, -0.1) is 0 Å². The third-order valence-corrected chi connectivity index (χ3v) is 21.7. The number of nitrogens with one attached hydrogen (secondary N) is 2. The fraction of sp³-hybridized carbons (Fsp3) is 0.929. The van der Waals surface area contributed by atoms with Gasteiger partial charge in [-0.05, 0) is 51.4 Å². The molecule has 0 radical (unpaired) electrons. The summed E-state index contributed by atoms with van der Waals surface area (Å²) in [4.78, 5) is 99.2. The zero-order valence-electron chi connectivity index (χ0n) is 70.2. The average Bonchev–Trinajstić information content (AvgIpc) is 0.927. The van der Waals surface area contributed by atoms with Gasteiger partial charge in [0.15, 0.2) is 0 Å². The highest BCUT2D eigenvalue weighted by molar-refractivity contribution is 7.47. The van der Waals surface area contributed by atoms with Crippen molar-refractivity contribution in [2.75, 3.05) is 65.9 Å². The highest BCUT2D eigenvalue weighted by Gasteiger charge is 2.28. The van der Waals surface area contributed by atoms with Crippen LogP contribution in [0.3, 0.4) is 0 Å². The Labute approximate surface area is 663 Å². The second kappa shape index (κ2) is 78.8. The lowest BCUT2D eigenvalue weighted by molar-refractivity contribution is -0.156. The van der Waals surface area contributed by atoms with Gasteiger partial charge >= 0.3 is 39.5 Å². The smallest absolute Gasteiger partial charge is 0.462 e. The molecule has 0 rings (SSSR count). The second-order valence-corrected chi connectivity index (χ2v) is 33.3. The third kappa shape index (κ3) is 76.0. The first-order chi connectivity index (χ1) is 52.9. The Bertz CT molecular complexity index is 2070. The van der Waals surface area contributed by atoms with Crippen LogP contribution >= 0.6 is 15.6 Å². The minimum absolute atomic E-state index is 0.156. The minimum atomic E-state index is -4.77. The predicted molar refractivity (Wildman–Crippen MR) is 437 cm³/mol. The van der Waals surface area contributed by atoms with Crippen molar-refractivity contribution in [1.82, 2.24) is 10.6 Å². The predicted octanol–water partition coefficient (Wildman–Crippen LogP) is 22.3. The van der Waals surface area contributed by atoms with Gasteiger partial charge in [0, 0.05) is 51.6 Å². The van der Waals surface area contributed by atoms with E-state index in [1.54, 1.807) is 0 Å². The van der Waals surface area contributed by atoms with E-state index in [-0.39, 0.29) is 76.5 Å². The number of hydrogen-bond acceptors (Lipinski definition) is 18. The van der Waals surface area contributed by atoms with Crippen LogP contribution in [0.1, 0.15) is 420 Å². The molecule has 644 valence electrons. The number of phosphoric acid groups is 2. The second-order valence-electron chi connectivity index (χ2n) is 30.4. The fourth-order valence-electron chi connectivity index (χ4n) is 13.0. The molecule has 0 aliphatic carbocycles. The summed E-state index contributed by atoms with van der Waals surface area (Å²) < 4.78 is 82.6. The third-order valence-electron chi connectivity index (χ3n) is 19.7. The first-order valence-electron chi connectivity index (χ1n) is 44.6. The normalized spacial score (nSPS) is 13.8. The molecule has 0 bridgehead atoms. The zero-order valence-corrected chi connectivity index (χ0v) is 72.0. The van der Waals surface area contributed by atoms with Crippen LogP contribution in [-0.4, -0.2) is 136 Å². The summed E-state index contributed by atoms with van der Waals surface area (Å²) in [6.07, 6.45) is 55.7. The molecule has 0 aromatic carbocycles. The summed E-state index contributed by atoms with van der Waals surface area (Å²) in [7, 11) is -9.55. The van der Waals surface area contributed by atoms with Gasteiger partial charge in [-0.1, -0.05) is 324 Å². The van der Waals surface area contributed by atoms with E-state index >= 15 is 0 Å². The van der Waals surface area contributed by atoms with Crippen molar-refractivity contribution in [3.63, 3.8) is 0 Å². The standard InChI is InChI=1S/C85H164N2O20P2/c1-7-13-19-25-29-33-35-39-43-49-55-61-84(92)106-78(72-98-67-63-76(57-51-45-23-17-11-5)104-82(90)59-53-47-41-37-31-27-21-15-9-3)74-102-108(94,95)100-69-65-86-80(88)71-81(89)87-66-70-101-109(96,97)103-75-79(107-85(93)62-56-50-44-40-36-34-30-26-20-14-8-2)73-99-68-64-77(58-52-46-24-18-12-6)105-83(91)60-54-48-42-38-32-28-22-16-10-4/h76-79H,7-75H2,1-6H3,(H,86,88)(H,87,89)(H,94,95)(H,96,97)/t76-,77-,78-,79-/m1/s1. The van der Waals surface area contributed by atoms with E-state index in [2.05, 4.69) is 52.2 Å². The summed E-state index contributed by atoms with van der Waals surface area (Å²) in [5.74, 6) is -2.93. The lowest BCUT2D eigenvalue weighted by atomic mass is 10.1. The molecule has 2 amide bonds. The van der Waals surface area contributed by atoms with Crippen LogP contribution in [0.25, 0.3) is 0 Å². The first-order valence-corrected chi connectivity index (χ1v) is 47.6. The van der Waals surface area contributed by atoms with Gasteiger partial charge in [0.2, 0.25) is 11.8 Å². The number of ether oxygens (including phenoxy) is 6. The molecular weight excluding hydrogens is 1430 g/mol. The molecule has 6 atom stereocenters. The number of carbonyl (C=O) groups excluding carboxylic acids is 6. The number of phosphoric ester groups is 2. The molecule has 2 unspecified atom stereocenters. The fourth-order valence-corrected chi connectivity index (χ4v) is 14.5. The molecule has 0 saturated carbocycles. The van der Waals surface area contributed by atoms with Gasteiger partial charge in [0.25, 0.3) is 0 Å².